The monoisotopic (exact) mass is 321 g/mol. The van der Waals surface area contributed by atoms with Gasteiger partial charge in [-0.2, -0.15) is 17.4 Å². The first-order valence-corrected chi connectivity index (χ1v) is 9.05. The predicted molar refractivity (Wildman–Crippen MR) is 85.4 cm³/mol. The zero-order chi connectivity index (χ0) is 16.3. The second kappa shape index (κ2) is 7.37. The van der Waals surface area contributed by atoms with Crippen molar-refractivity contribution in [1.82, 2.24) is 14.3 Å². The molecule has 1 rings (SSSR count). The maximum Gasteiger partial charge on any atom is 0.279 e. The minimum atomic E-state index is -3.42. The summed E-state index contributed by atoms with van der Waals surface area (Å²) in [6, 6.07) is 0.357. The number of nitrogens with one attached hydrogen (secondary N) is 2. The van der Waals surface area contributed by atoms with Gasteiger partial charge in [0.25, 0.3) is 10.2 Å². The molecular weight excluding hydrogens is 290 g/mol. The normalized spacial score (nSPS) is 25.3. The molecule has 0 aromatic heterocycles. The summed E-state index contributed by atoms with van der Waals surface area (Å²) >= 11 is 0. The highest BCUT2D eigenvalue weighted by molar-refractivity contribution is 7.87. The van der Waals surface area contributed by atoms with Gasteiger partial charge in [0.05, 0.1) is 6.10 Å². The van der Waals surface area contributed by atoms with Crippen LogP contribution in [0.5, 0.6) is 0 Å². The lowest BCUT2D eigenvalue weighted by Gasteiger charge is -2.51. The third-order valence-corrected chi connectivity index (χ3v) is 5.95. The van der Waals surface area contributed by atoms with E-state index in [0.29, 0.717) is 12.6 Å². The average molecular weight is 321 g/mol. The van der Waals surface area contributed by atoms with Gasteiger partial charge in [0.1, 0.15) is 0 Å². The van der Waals surface area contributed by atoms with Crippen molar-refractivity contribution >= 4 is 10.2 Å². The Balaban J connectivity index is 2.43. The van der Waals surface area contributed by atoms with E-state index in [4.69, 9.17) is 4.74 Å². The molecule has 0 bridgehead atoms. The topological polar surface area (TPSA) is 70.7 Å². The van der Waals surface area contributed by atoms with Crippen molar-refractivity contribution < 1.29 is 13.2 Å². The van der Waals surface area contributed by atoms with Crippen LogP contribution in [0.2, 0.25) is 0 Å². The zero-order valence-corrected chi connectivity index (χ0v) is 15.0. The molecule has 0 aromatic carbocycles. The second-order valence-corrected chi connectivity index (χ2v) is 8.55. The predicted octanol–water partition coefficient (Wildman–Crippen LogP) is 0.954. The van der Waals surface area contributed by atoms with Crippen LogP contribution in [0.25, 0.3) is 0 Å². The van der Waals surface area contributed by atoms with Crippen LogP contribution in [0.3, 0.4) is 0 Å². The maximum atomic E-state index is 12.3. The summed E-state index contributed by atoms with van der Waals surface area (Å²) in [5.74, 6) is 0. The van der Waals surface area contributed by atoms with E-state index in [-0.39, 0.29) is 17.6 Å². The van der Waals surface area contributed by atoms with Crippen molar-refractivity contribution in [3.8, 4) is 0 Å². The molecule has 0 heterocycles. The van der Waals surface area contributed by atoms with E-state index < -0.39 is 10.2 Å². The first-order chi connectivity index (χ1) is 9.61. The minimum Gasteiger partial charge on any atom is -0.381 e. The van der Waals surface area contributed by atoms with Crippen LogP contribution < -0.4 is 10.0 Å². The third kappa shape index (κ3) is 4.89. The van der Waals surface area contributed by atoms with E-state index in [9.17, 15) is 8.42 Å². The first-order valence-electron chi connectivity index (χ1n) is 7.61. The summed E-state index contributed by atoms with van der Waals surface area (Å²) in [6.45, 7) is 9.54. The van der Waals surface area contributed by atoms with Crippen molar-refractivity contribution in [3.63, 3.8) is 0 Å². The van der Waals surface area contributed by atoms with Crippen molar-refractivity contribution in [2.75, 3.05) is 27.2 Å². The zero-order valence-electron chi connectivity index (χ0n) is 14.1. The molecule has 2 N–H and O–H groups in total. The number of rotatable bonds is 9. The molecule has 1 saturated carbocycles. The Morgan fingerprint density at radius 1 is 1.38 bits per heavy atom. The van der Waals surface area contributed by atoms with E-state index in [1.54, 1.807) is 14.2 Å². The number of nitrogens with zero attached hydrogens (tertiary/aromatic N) is 1. The Labute approximate surface area is 129 Å². The highest BCUT2D eigenvalue weighted by Gasteiger charge is 2.50. The molecule has 0 amide bonds. The number of hydrogen-bond donors (Lipinski definition) is 2. The van der Waals surface area contributed by atoms with Crippen molar-refractivity contribution in [2.24, 2.45) is 5.41 Å². The standard InChI is InChI=1S/C14H31N3O3S/c1-11(2)15-8-7-9-17(5)21(18,19)16-12-10-13(20-6)14(12,3)4/h11-13,15-16H,7-10H2,1-6H3. The lowest BCUT2D eigenvalue weighted by Crippen LogP contribution is -2.63. The van der Waals surface area contributed by atoms with Gasteiger partial charge in [0.15, 0.2) is 0 Å². The molecule has 0 aromatic rings. The van der Waals surface area contributed by atoms with Crippen LogP contribution in [-0.2, 0) is 14.9 Å². The Morgan fingerprint density at radius 3 is 2.48 bits per heavy atom. The van der Waals surface area contributed by atoms with Gasteiger partial charge in [-0.05, 0) is 19.4 Å². The summed E-state index contributed by atoms with van der Waals surface area (Å²) in [5, 5.41) is 3.28. The van der Waals surface area contributed by atoms with Gasteiger partial charge in [-0.25, -0.2) is 0 Å². The molecule has 6 nitrogen and oxygen atoms in total. The van der Waals surface area contributed by atoms with Crippen LogP contribution >= 0.6 is 0 Å². The van der Waals surface area contributed by atoms with E-state index in [1.165, 1.54) is 4.31 Å². The third-order valence-electron chi connectivity index (χ3n) is 4.37. The highest BCUT2D eigenvalue weighted by atomic mass is 32.2. The molecule has 0 spiro atoms. The summed E-state index contributed by atoms with van der Waals surface area (Å²) < 4.78 is 34.1. The van der Waals surface area contributed by atoms with Gasteiger partial charge in [0.2, 0.25) is 0 Å². The van der Waals surface area contributed by atoms with E-state index in [0.717, 1.165) is 19.4 Å². The second-order valence-electron chi connectivity index (χ2n) is 6.74. The maximum absolute atomic E-state index is 12.3. The molecule has 0 saturated heterocycles. The Kier molecular flexibility index (Phi) is 6.61. The molecule has 1 aliphatic carbocycles. The fraction of sp³-hybridized carbons (Fsp3) is 1.00. The Bertz CT molecular complexity index is 423. The van der Waals surface area contributed by atoms with Gasteiger partial charge in [-0.1, -0.05) is 27.7 Å². The lowest BCUT2D eigenvalue weighted by atomic mass is 9.65. The van der Waals surface area contributed by atoms with Gasteiger partial charge in [-0.3, -0.25) is 0 Å². The van der Waals surface area contributed by atoms with Crippen LogP contribution in [0.15, 0.2) is 0 Å². The molecule has 2 unspecified atom stereocenters. The summed E-state index contributed by atoms with van der Waals surface area (Å²) in [6.07, 6.45) is 1.64. The van der Waals surface area contributed by atoms with Crippen molar-refractivity contribution in [3.05, 3.63) is 0 Å². The number of ether oxygens (including phenoxy) is 1. The van der Waals surface area contributed by atoms with Crippen LogP contribution in [-0.4, -0.2) is 58.2 Å². The fourth-order valence-electron chi connectivity index (χ4n) is 2.57. The fourth-order valence-corrected chi connectivity index (χ4v) is 3.88. The average Bonchev–Trinajstić information content (AvgIpc) is 2.38. The quantitative estimate of drug-likeness (QED) is 0.621. The molecule has 0 radical (unpaired) electrons. The molecule has 2 atom stereocenters. The summed E-state index contributed by atoms with van der Waals surface area (Å²) in [7, 11) is -0.130. The van der Waals surface area contributed by atoms with Crippen LogP contribution in [0, 0.1) is 5.41 Å². The Morgan fingerprint density at radius 2 is 2.00 bits per heavy atom. The highest BCUT2D eigenvalue weighted by Crippen LogP contribution is 2.42. The molecule has 126 valence electrons. The van der Waals surface area contributed by atoms with Gasteiger partial charge in [0, 0.05) is 38.2 Å². The van der Waals surface area contributed by atoms with Crippen LogP contribution in [0.1, 0.15) is 40.5 Å². The van der Waals surface area contributed by atoms with E-state index >= 15 is 0 Å². The smallest absolute Gasteiger partial charge is 0.279 e. The summed E-state index contributed by atoms with van der Waals surface area (Å²) in [5.41, 5.74) is -0.165. The first kappa shape index (κ1) is 18.8. The van der Waals surface area contributed by atoms with Gasteiger partial charge in [-0.15, -0.1) is 0 Å². The Hall–Kier alpha value is -0.210. The van der Waals surface area contributed by atoms with E-state index in [2.05, 4.69) is 23.9 Å². The summed E-state index contributed by atoms with van der Waals surface area (Å²) in [4.78, 5) is 0. The molecule has 1 aliphatic rings. The van der Waals surface area contributed by atoms with Gasteiger partial charge >= 0.3 is 0 Å². The molecular formula is C14H31N3O3S. The van der Waals surface area contributed by atoms with Crippen LogP contribution in [0.4, 0.5) is 0 Å². The number of hydrogen-bond acceptors (Lipinski definition) is 4. The molecule has 7 heteroatoms. The SMILES string of the molecule is COC1CC(NS(=O)(=O)N(C)CCCNC(C)C)C1(C)C. The van der Waals surface area contributed by atoms with E-state index in [1.807, 2.05) is 13.8 Å². The minimum absolute atomic E-state index is 0.0660. The molecule has 21 heavy (non-hydrogen) atoms. The largest absolute Gasteiger partial charge is 0.381 e. The van der Waals surface area contributed by atoms with Crippen molar-refractivity contribution in [1.29, 1.82) is 0 Å². The van der Waals surface area contributed by atoms with Gasteiger partial charge < -0.3 is 10.1 Å². The molecule has 1 fully saturated rings. The molecule has 0 aliphatic heterocycles. The number of methoxy groups -OCH3 is 1. The van der Waals surface area contributed by atoms with Crippen molar-refractivity contribution in [2.45, 2.75) is 58.7 Å². The lowest BCUT2D eigenvalue weighted by molar-refractivity contribution is -0.0911.